The van der Waals surface area contributed by atoms with Crippen LogP contribution in [-0.2, 0) is 5.92 Å². The molecule has 1 heterocycles. The van der Waals surface area contributed by atoms with E-state index in [0.717, 1.165) is 24.4 Å². The lowest BCUT2D eigenvalue weighted by Crippen LogP contribution is -2.31. The third-order valence-corrected chi connectivity index (χ3v) is 4.89. The molecule has 0 fully saturated rings. The molecule has 0 radical (unpaired) electrons. The molecular weight excluding hydrogens is 538 g/mol. The Balaban J connectivity index is 0.000000757. The summed E-state index contributed by atoms with van der Waals surface area (Å²) in [6.45, 7) is -3.78. The number of hydrogen-bond donors (Lipinski definition) is 2. The van der Waals surface area contributed by atoms with Crippen molar-refractivity contribution in [2.24, 2.45) is 5.73 Å². The fourth-order valence-electron chi connectivity index (χ4n) is 3.10. The number of aliphatic hydroxyl groups is 1. The van der Waals surface area contributed by atoms with Gasteiger partial charge in [-0.2, -0.15) is 35.1 Å². The van der Waals surface area contributed by atoms with Crippen molar-refractivity contribution < 1.29 is 53.7 Å². The van der Waals surface area contributed by atoms with Crippen LogP contribution in [-0.4, -0.2) is 42.2 Å². The van der Waals surface area contributed by atoms with E-state index < -0.39 is 66.8 Å². The Morgan fingerprint density at radius 1 is 0.816 bits per heavy atom. The molecule has 0 saturated carbocycles. The number of nitrogens with zero attached hydrogens (tertiary/aromatic N) is 1. The second-order valence-corrected chi connectivity index (χ2v) is 7.71. The van der Waals surface area contributed by atoms with Gasteiger partial charge in [0.2, 0.25) is 0 Å². The second-order valence-electron chi connectivity index (χ2n) is 7.71. The first-order valence-corrected chi connectivity index (χ1v) is 10.5. The van der Waals surface area contributed by atoms with E-state index in [9.17, 15) is 35.1 Å². The third kappa shape index (κ3) is 8.87. The van der Waals surface area contributed by atoms with Gasteiger partial charge in [-0.15, -0.1) is 0 Å². The van der Waals surface area contributed by atoms with Gasteiger partial charge in [0.1, 0.15) is 29.7 Å². The first-order valence-electron chi connectivity index (χ1n) is 10.5. The Morgan fingerprint density at radius 2 is 1.39 bits per heavy atom. The molecule has 38 heavy (non-hydrogen) atoms. The lowest BCUT2D eigenvalue weighted by molar-refractivity contribution is -0.159. The molecule has 0 amide bonds. The van der Waals surface area contributed by atoms with Gasteiger partial charge < -0.3 is 15.6 Å². The summed E-state index contributed by atoms with van der Waals surface area (Å²) in [7, 11) is 0. The minimum absolute atomic E-state index is 0.00528. The van der Waals surface area contributed by atoms with E-state index in [1.807, 2.05) is 0 Å². The van der Waals surface area contributed by atoms with E-state index in [0.29, 0.717) is 17.2 Å². The summed E-state index contributed by atoms with van der Waals surface area (Å²) in [4.78, 5) is 3.78. The number of rotatable bonds is 7. The van der Waals surface area contributed by atoms with Crippen molar-refractivity contribution in [3.63, 3.8) is 0 Å². The average Bonchev–Trinajstić information content (AvgIpc) is 2.84. The summed E-state index contributed by atoms with van der Waals surface area (Å²) in [6.07, 6.45) is -7.72. The van der Waals surface area contributed by atoms with E-state index in [2.05, 4.69) is 9.72 Å². The molecule has 3 N–H and O–H groups in total. The van der Waals surface area contributed by atoms with E-state index in [4.69, 9.17) is 10.8 Å². The number of aromatic nitrogens is 1. The molecule has 0 aliphatic rings. The van der Waals surface area contributed by atoms with Gasteiger partial charge in [-0.25, -0.2) is 8.78 Å². The summed E-state index contributed by atoms with van der Waals surface area (Å²) in [6, 6.07) is 10.2. The molecule has 0 spiro atoms. The predicted octanol–water partition coefficient (Wildman–Crippen LogP) is 6.34. The van der Waals surface area contributed by atoms with Gasteiger partial charge in [0, 0.05) is 24.4 Å². The molecule has 0 aliphatic heterocycles. The van der Waals surface area contributed by atoms with Crippen LogP contribution in [0.25, 0.3) is 11.1 Å². The lowest BCUT2D eigenvalue weighted by Gasteiger charge is -2.26. The minimum atomic E-state index is -4.47. The summed E-state index contributed by atoms with van der Waals surface area (Å²) in [5.74, 6) is -7.46. The van der Waals surface area contributed by atoms with Crippen LogP contribution >= 0.6 is 0 Å². The van der Waals surface area contributed by atoms with Crippen molar-refractivity contribution in [1.82, 2.24) is 4.98 Å². The van der Waals surface area contributed by atoms with Crippen LogP contribution < -0.4 is 10.5 Å². The number of hydrogen-bond acceptors (Lipinski definition) is 4. The summed E-state index contributed by atoms with van der Waals surface area (Å²) in [5, 5.41) is 7.28. The van der Waals surface area contributed by atoms with Crippen molar-refractivity contribution in [1.29, 1.82) is 0 Å². The van der Waals surface area contributed by atoms with Crippen molar-refractivity contribution in [3.05, 3.63) is 83.7 Å². The van der Waals surface area contributed by atoms with Gasteiger partial charge >= 0.3 is 12.4 Å². The fraction of sp³-hybridized carbons (Fsp3) is 0.292. The number of nitrogens with two attached hydrogens (primary N) is 1. The van der Waals surface area contributed by atoms with Gasteiger partial charge in [-0.1, -0.05) is 24.3 Å². The first kappa shape index (κ1) is 30.8. The molecule has 2 aromatic carbocycles. The largest absolute Gasteiger partial charge is 0.484 e. The average molecular weight is 558 g/mol. The van der Waals surface area contributed by atoms with E-state index in [1.54, 1.807) is 0 Å². The molecule has 0 aliphatic carbocycles. The second kappa shape index (κ2) is 12.4. The van der Waals surface area contributed by atoms with Crippen molar-refractivity contribution in [2.75, 3.05) is 19.8 Å². The maximum atomic E-state index is 15.0. The minimum Gasteiger partial charge on any atom is -0.484 e. The molecule has 4 nitrogen and oxygen atoms in total. The summed E-state index contributed by atoms with van der Waals surface area (Å²) in [5.41, 5.74) is 5.31. The molecule has 1 atom stereocenters. The number of ether oxygens (including phenoxy) is 1. The molecule has 3 aromatic rings. The van der Waals surface area contributed by atoms with Crippen LogP contribution in [0.4, 0.5) is 43.9 Å². The highest BCUT2D eigenvalue weighted by molar-refractivity contribution is 5.63. The number of pyridine rings is 1. The maximum Gasteiger partial charge on any atom is 0.422 e. The fourth-order valence-corrected chi connectivity index (χ4v) is 3.10. The SMILES string of the molecule is NCC(c1ccc(F)cc1F)C(F)(F)c1ccc(-c2ccc(OCC(F)(F)F)cc2)cn1.OCC(F)(F)F. The Bertz CT molecular complexity index is 1160. The quantitative estimate of drug-likeness (QED) is 0.332. The van der Waals surface area contributed by atoms with E-state index in [1.165, 1.54) is 30.3 Å². The van der Waals surface area contributed by atoms with Gasteiger partial charge in [0.25, 0.3) is 5.92 Å². The number of halogens is 10. The Hall–Kier alpha value is -3.39. The smallest absolute Gasteiger partial charge is 0.422 e. The first-order chi connectivity index (χ1) is 17.6. The van der Waals surface area contributed by atoms with Gasteiger partial charge in [-0.3, -0.25) is 4.98 Å². The molecule has 0 bridgehead atoms. The highest BCUT2D eigenvalue weighted by Gasteiger charge is 2.44. The third-order valence-electron chi connectivity index (χ3n) is 4.89. The van der Waals surface area contributed by atoms with Crippen LogP contribution in [0.1, 0.15) is 17.2 Å². The Labute approximate surface area is 209 Å². The van der Waals surface area contributed by atoms with Gasteiger partial charge in [0.15, 0.2) is 6.61 Å². The normalized spacial score (nSPS) is 12.9. The van der Waals surface area contributed by atoms with E-state index >= 15 is 8.78 Å². The zero-order valence-electron chi connectivity index (χ0n) is 19.1. The zero-order valence-corrected chi connectivity index (χ0v) is 19.1. The van der Waals surface area contributed by atoms with Crippen LogP contribution in [0.15, 0.2) is 60.8 Å². The summed E-state index contributed by atoms with van der Waals surface area (Å²) >= 11 is 0. The number of benzene rings is 2. The predicted molar refractivity (Wildman–Crippen MR) is 116 cm³/mol. The highest BCUT2D eigenvalue weighted by Crippen LogP contribution is 2.42. The van der Waals surface area contributed by atoms with Gasteiger partial charge in [-0.05, 0) is 35.4 Å². The molecule has 1 aromatic heterocycles. The van der Waals surface area contributed by atoms with Crippen LogP contribution in [0, 0.1) is 11.6 Å². The molecule has 208 valence electrons. The molecule has 0 saturated heterocycles. The molecule has 1 unspecified atom stereocenters. The Morgan fingerprint density at radius 3 is 1.84 bits per heavy atom. The van der Waals surface area contributed by atoms with E-state index in [-0.39, 0.29) is 5.75 Å². The number of alkyl halides is 8. The lowest BCUT2D eigenvalue weighted by atomic mass is 9.89. The monoisotopic (exact) mass is 558 g/mol. The van der Waals surface area contributed by atoms with Crippen molar-refractivity contribution in [3.8, 4) is 16.9 Å². The van der Waals surface area contributed by atoms with Gasteiger partial charge in [0.05, 0.1) is 5.92 Å². The molecule has 3 rings (SSSR count). The topological polar surface area (TPSA) is 68.4 Å². The van der Waals surface area contributed by atoms with Crippen LogP contribution in [0.5, 0.6) is 5.75 Å². The summed E-state index contributed by atoms with van der Waals surface area (Å²) < 4.78 is 130. The molecule has 14 heteroatoms. The Kier molecular flexibility index (Phi) is 10.1. The maximum absolute atomic E-state index is 15.0. The standard InChI is InChI=1S/C22H17F7N2O.C2H3F3O/c23-15-4-7-17(19(24)9-15)18(10-30)22(28,29)20-8-3-14(11-31-20)13-1-5-16(6-2-13)32-12-21(25,26)27;3-2(4,5)1-6/h1-9,11,18H,10,12,30H2;6H,1H2. The van der Waals surface area contributed by atoms with Crippen molar-refractivity contribution >= 4 is 0 Å². The van der Waals surface area contributed by atoms with Crippen LogP contribution in [0.2, 0.25) is 0 Å². The van der Waals surface area contributed by atoms with Crippen LogP contribution in [0.3, 0.4) is 0 Å². The number of aliphatic hydroxyl groups excluding tert-OH is 1. The highest BCUT2D eigenvalue weighted by atomic mass is 19.4. The molecular formula is C24H20F10N2O2. The van der Waals surface area contributed by atoms with Crippen molar-refractivity contribution in [2.45, 2.75) is 24.2 Å². The zero-order chi connectivity index (χ0) is 28.7.